The molecule has 2 N–H and O–H groups in total. The van der Waals surface area contributed by atoms with Gasteiger partial charge in [-0.3, -0.25) is 0 Å². The van der Waals surface area contributed by atoms with E-state index in [1.165, 1.54) is 0 Å². The Bertz CT molecular complexity index is 562. The Labute approximate surface area is 131 Å². The van der Waals surface area contributed by atoms with Gasteiger partial charge in [0.2, 0.25) is 0 Å². The number of para-hydroxylation sites is 1. The van der Waals surface area contributed by atoms with Gasteiger partial charge in [-0.1, -0.05) is 41.9 Å². The zero-order valence-electron chi connectivity index (χ0n) is 12.3. The van der Waals surface area contributed by atoms with Crippen LogP contribution in [0, 0.1) is 0 Å². The van der Waals surface area contributed by atoms with Crippen molar-refractivity contribution in [3.63, 3.8) is 0 Å². The van der Waals surface area contributed by atoms with Crippen LogP contribution in [-0.2, 0) is 0 Å². The van der Waals surface area contributed by atoms with E-state index in [9.17, 15) is 5.11 Å². The van der Waals surface area contributed by atoms with Gasteiger partial charge in [0.05, 0.1) is 12.1 Å². The van der Waals surface area contributed by atoms with Crippen LogP contribution < -0.4 is 10.2 Å². The van der Waals surface area contributed by atoms with E-state index in [2.05, 4.69) is 10.2 Å². The number of aliphatic hydroxyl groups excluding tert-OH is 1. The number of benzene rings is 2. The summed E-state index contributed by atoms with van der Waals surface area (Å²) in [5, 5.41) is 14.2. The third-order valence-electron chi connectivity index (χ3n) is 3.55. The molecule has 0 fully saturated rings. The average molecular weight is 305 g/mol. The molecule has 0 aromatic heterocycles. The molecule has 0 aliphatic rings. The summed E-state index contributed by atoms with van der Waals surface area (Å²) in [4.78, 5) is 2.08. The average Bonchev–Trinajstić information content (AvgIpc) is 2.48. The Morgan fingerprint density at radius 3 is 2.48 bits per heavy atom. The van der Waals surface area contributed by atoms with Crippen molar-refractivity contribution in [1.82, 2.24) is 5.32 Å². The molecule has 0 amide bonds. The van der Waals surface area contributed by atoms with Gasteiger partial charge in [0.15, 0.2) is 0 Å². The van der Waals surface area contributed by atoms with Crippen LogP contribution >= 0.6 is 11.6 Å². The van der Waals surface area contributed by atoms with Crippen LogP contribution in [0.5, 0.6) is 0 Å². The van der Waals surface area contributed by atoms with Crippen molar-refractivity contribution in [2.45, 2.75) is 12.1 Å². The van der Waals surface area contributed by atoms with Crippen LogP contribution in [0.15, 0.2) is 54.6 Å². The summed E-state index contributed by atoms with van der Waals surface area (Å²) >= 11 is 6.11. The van der Waals surface area contributed by atoms with E-state index in [0.29, 0.717) is 11.6 Å². The number of halogens is 1. The fourth-order valence-corrected chi connectivity index (χ4v) is 2.74. The molecule has 0 aliphatic heterocycles. The summed E-state index contributed by atoms with van der Waals surface area (Å²) in [6.45, 7) is 0.508. The first-order chi connectivity index (χ1) is 10.1. The van der Waals surface area contributed by atoms with E-state index >= 15 is 0 Å². The predicted molar refractivity (Wildman–Crippen MR) is 89.0 cm³/mol. The normalized spacial score (nSPS) is 13.7. The van der Waals surface area contributed by atoms with Gasteiger partial charge in [-0.05, 0) is 36.9 Å². The maximum atomic E-state index is 10.5. The molecule has 0 bridgehead atoms. The zero-order chi connectivity index (χ0) is 15.2. The number of rotatable bonds is 6. The van der Waals surface area contributed by atoms with Gasteiger partial charge < -0.3 is 15.3 Å². The van der Waals surface area contributed by atoms with E-state index in [1.807, 2.05) is 68.7 Å². The van der Waals surface area contributed by atoms with Crippen LogP contribution in [0.2, 0.25) is 5.02 Å². The highest BCUT2D eigenvalue weighted by Gasteiger charge is 2.25. The lowest BCUT2D eigenvalue weighted by molar-refractivity contribution is 0.142. The maximum absolute atomic E-state index is 10.5. The van der Waals surface area contributed by atoms with E-state index in [0.717, 1.165) is 11.3 Å². The van der Waals surface area contributed by atoms with Crippen molar-refractivity contribution in [3.8, 4) is 0 Å². The molecular formula is C17H21ClN2O. The smallest absolute Gasteiger partial charge is 0.0909 e. The molecule has 4 heteroatoms. The van der Waals surface area contributed by atoms with Crippen molar-refractivity contribution >= 4 is 17.3 Å². The van der Waals surface area contributed by atoms with Crippen molar-refractivity contribution in [1.29, 1.82) is 0 Å². The number of aliphatic hydroxyl groups is 1. The number of anilines is 1. The summed E-state index contributed by atoms with van der Waals surface area (Å²) in [6, 6.07) is 17.5. The Morgan fingerprint density at radius 1 is 1.14 bits per heavy atom. The number of hydrogen-bond donors (Lipinski definition) is 2. The van der Waals surface area contributed by atoms with Crippen molar-refractivity contribution in [3.05, 3.63) is 65.2 Å². The van der Waals surface area contributed by atoms with Gasteiger partial charge >= 0.3 is 0 Å². The van der Waals surface area contributed by atoms with Crippen LogP contribution in [0.3, 0.4) is 0 Å². The molecule has 2 aromatic rings. The first-order valence-corrected chi connectivity index (χ1v) is 7.37. The van der Waals surface area contributed by atoms with Crippen LogP contribution in [0.4, 0.5) is 5.69 Å². The quantitative estimate of drug-likeness (QED) is 0.861. The molecule has 0 aliphatic carbocycles. The zero-order valence-corrected chi connectivity index (χ0v) is 13.1. The second-order valence-corrected chi connectivity index (χ2v) is 5.51. The first kappa shape index (κ1) is 15.8. The predicted octanol–water partition coefficient (Wildman–Crippen LogP) is 3.10. The molecular weight excluding hydrogens is 284 g/mol. The van der Waals surface area contributed by atoms with Gasteiger partial charge in [-0.15, -0.1) is 0 Å². The monoisotopic (exact) mass is 304 g/mol. The largest absolute Gasteiger partial charge is 0.389 e. The second-order valence-electron chi connectivity index (χ2n) is 5.07. The minimum atomic E-state index is -0.543. The van der Waals surface area contributed by atoms with Crippen LogP contribution in [-0.4, -0.2) is 31.9 Å². The highest BCUT2D eigenvalue weighted by molar-refractivity contribution is 6.30. The molecule has 2 rings (SSSR count). The maximum Gasteiger partial charge on any atom is 0.0909 e. The minimum absolute atomic E-state index is 0.168. The summed E-state index contributed by atoms with van der Waals surface area (Å²) in [6.07, 6.45) is -0.543. The molecule has 0 spiro atoms. The molecule has 0 unspecified atom stereocenters. The van der Waals surface area contributed by atoms with E-state index in [1.54, 1.807) is 0 Å². The van der Waals surface area contributed by atoms with E-state index < -0.39 is 6.10 Å². The topological polar surface area (TPSA) is 35.5 Å². The molecule has 21 heavy (non-hydrogen) atoms. The van der Waals surface area contributed by atoms with Crippen molar-refractivity contribution in [2.75, 3.05) is 25.5 Å². The summed E-state index contributed by atoms with van der Waals surface area (Å²) in [5.41, 5.74) is 2.05. The third kappa shape index (κ3) is 3.97. The Kier molecular flexibility index (Phi) is 5.62. The molecule has 2 aromatic carbocycles. The third-order valence-corrected chi connectivity index (χ3v) is 3.78. The Balaban J connectivity index is 2.36. The molecule has 0 saturated heterocycles. The number of hydrogen-bond acceptors (Lipinski definition) is 3. The van der Waals surface area contributed by atoms with Gasteiger partial charge in [0.25, 0.3) is 0 Å². The second kappa shape index (κ2) is 7.46. The van der Waals surface area contributed by atoms with Crippen molar-refractivity contribution in [2.24, 2.45) is 0 Å². The number of nitrogens with zero attached hydrogens (tertiary/aromatic N) is 1. The van der Waals surface area contributed by atoms with Gasteiger partial charge in [0, 0.05) is 24.3 Å². The first-order valence-electron chi connectivity index (χ1n) is 6.99. The lowest BCUT2D eigenvalue weighted by Gasteiger charge is -2.34. The number of likely N-dealkylation sites (N-methyl/N-ethyl adjacent to an activating group) is 2. The van der Waals surface area contributed by atoms with Gasteiger partial charge in [-0.25, -0.2) is 0 Å². The molecule has 0 radical (unpaired) electrons. The lowest BCUT2D eigenvalue weighted by Crippen LogP contribution is -2.39. The molecule has 3 nitrogen and oxygen atoms in total. The van der Waals surface area contributed by atoms with Crippen LogP contribution in [0.1, 0.15) is 11.6 Å². The van der Waals surface area contributed by atoms with E-state index in [4.69, 9.17) is 11.6 Å². The number of nitrogens with one attached hydrogen (secondary N) is 1. The van der Waals surface area contributed by atoms with E-state index in [-0.39, 0.29) is 6.04 Å². The molecule has 2 atom stereocenters. The molecule has 0 heterocycles. The summed E-state index contributed by atoms with van der Waals surface area (Å²) in [5.74, 6) is 0. The standard InChI is InChI=1S/C17H21ClN2O/c1-19-12-16(21)17(13-7-6-8-14(18)11-13)20(2)15-9-4-3-5-10-15/h3-11,16-17,19,21H,12H2,1-2H3/t16-,17+/m1/s1. The summed E-state index contributed by atoms with van der Waals surface area (Å²) in [7, 11) is 3.82. The van der Waals surface area contributed by atoms with Crippen molar-refractivity contribution < 1.29 is 5.11 Å². The fraction of sp³-hybridized carbons (Fsp3) is 0.294. The van der Waals surface area contributed by atoms with Crippen LogP contribution in [0.25, 0.3) is 0 Å². The van der Waals surface area contributed by atoms with Gasteiger partial charge in [-0.2, -0.15) is 0 Å². The summed E-state index contributed by atoms with van der Waals surface area (Å²) < 4.78 is 0. The Morgan fingerprint density at radius 2 is 1.86 bits per heavy atom. The highest BCUT2D eigenvalue weighted by atomic mass is 35.5. The van der Waals surface area contributed by atoms with Gasteiger partial charge in [0.1, 0.15) is 0 Å². The molecule has 0 saturated carbocycles. The Hall–Kier alpha value is -1.55. The SMILES string of the molecule is CNC[C@@H](O)[C@H](c1cccc(Cl)c1)N(C)c1ccccc1. The fourth-order valence-electron chi connectivity index (χ4n) is 2.54. The molecule has 112 valence electrons. The lowest BCUT2D eigenvalue weighted by atomic mass is 9.99. The minimum Gasteiger partial charge on any atom is -0.389 e. The highest BCUT2D eigenvalue weighted by Crippen LogP contribution is 2.29.